The van der Waals surface area contributed by atoms with Gasteiger partial charge >= 0.3 is 12.1 Å². The minimum atomic E-state index is -5.07. The third kappa shape index (κ3) is 6.85. The van der Waals surface area contributed by atoms with E-state index in [-0.39, 0.29) is 18.4 Å². The van der Waals surface area contributed by atoms with Gasteiger partial charge in [0.05, 0.1) is 17.0 Å². The van der Waals surface area contributed by atoms with E-state index in [4.69, 9.17) is 38.7 Å². The summed E-state index contributed by atoms with van der Waals surface area (Å²) in [4.78, 5) is 30.4. The second-order valence-corrected chi connectivity index (χ2v) is 13.4. The molecule has 252 valence electrons. The number of amides is 1. The van der Waals surface area contributed by atoms with E-state index >= 15 is 0 Å². The largest absolute Gasteiger partial charge is 0.490 e. The number of carbonyl (C=O) groups excluding carboxylic acids is 2. The van der Waals surface area contributed by atoms with Gasteiger partial charge in [0.15, 0.2) is 0 Å². The molecule has 0 radical (unpaired) electrons. The van der Waals surface area contributed by atoms with Crippen LogP contribution in [0.5, 0.6) is 0 Å². The molecule has 1 aliphatic heterocycles. The molecule has 2 unspecified atom stereocenters. The van der Waals surface area contributed by atoms with Crippen molar-refractivity contribution in [3.05, 3.63) is 129 Å². The molecule has 2 atom stereocenters. The number of aromatic nitrogens is 2. The quantitative estimate of drug-likeness (QED) is 0.129. The lowest BCUT2D eigenvalue weighted by Gasteiger charge is -2.35. The molecule has 5 aromatic rings. The van der Waals surface area contributed by atoms with Crippen LogP contribution in [0.15, 0.2) is 91.0 Å². The average Bonchev–Trinajstić information content (AvgIpc) is 3.75. The van der Waals surface area contributed by atoms with Gasteiger partial charge in [-0.15, -0.1) is 0 Å². The molecule has 7 rings (SSSR count). The number of hydrogen-bond donors (Lipinski definition) is 1. The number of rotatable bonds is 8. The zero-order valence-electron chi connectivity index (χ0n) is 26.0. The molecule has 4 aromatic carbocycles. The van der Waals surface area contributed by atoms with Crippen molar-refractivity contribution in [1.29, 1.82) is 0 Å². The summed E-state index contributed by atoms with van der Waals surface area (Å²) in [5.41, 5.74) is 11.4. The summed E-state index contributed by atoms with van der Waals surface area (Å²) in [6.07, 6.45) is -4.23. The monoisotopic (exact) mass is 706 g/mol. The standard InChI is InChI=1S/C37H31Cl2F3N4O3/c38-25-8-1-21(2-9-25)33(22-3-10-26(39)11-4-22)24-7-14-30-31(19-24)46(35(44-30)29-20-32(29)49-36(48)37(40,41)42)28-15-17-45(18-16-28)27-12-5-23(6-13-27)34(43)47/h1-14,19,28-29,32-33H,15-18,20H2,(H2,43,47). The molecule has 1 saturated carbocycles. The molecular formula is C37H31Cl2F3N4O3. The normalized spacial score (nSPS) is 18.2. The van der Waals surface area contributed by atoms with Crippen molar-refractivity contribution in [3.63, 3.8) is 0 Å². The van der Waals surface area contributed by atoms with E-state index in [1.165, 1.54) is 0 Å². The van der Waals surface area contributed by atoms with Crippen molar-refractivity contribution < 1.29 is 27.5 Å². The van der Waals surface area contributed by atoms with Gasteiger partial charge in [-0.1, -0.05) is 53.5 Å². The van der Waals surface area contributed by atoms with E-state index in [0.29, 0.717) is 40.0 Å². The Balaban J connectivity index is 1.26. The molecule has 1 aromatic heterocycles. The average molecular weight is 708 g/mol. The van der Waals surface area contributed by atoms with Crippen molar-refractivity contribution >= 4 is 51.8 Å². The van der Waals surface area contributed by atoms with Crippen LogP contribution in [0.25, 0.3) is 11.0 Å². The molecule has 0 bridgehead atoms. The van der Waals surface area contributed by atoms with E-state index in [9.17, 15) is 22.8 Å². The summed E-state index contributed by atoms with van der Waals surface area (Å²) < 4.78 is 46.1. The number of nitrogens with zero attached hydrogens (tertiary/aromatic N) is 3. The second kappa shape index (κ2) is 13.1. The molecule has 1 saturated heterocycles. The van der Waals surface area contributed by atoms with Gasteiger partial charge in [0.1, 0.15) is 11.9 Å². The lowest BCUT2D eigenvalue weighted by Crippen LogP contribution is -2.35. The van der Waals surface area contributed by atoms with Crippen molar-refractivity contribution in [2.75, 3.05) is 18.0 Å². The summed E-state index contributed by atoms with van der Waals surface area (Å²) in [5.74, 6) is -2.68. The van der Waals surface area contributed by atoms with Crippen LogP contribution in [-0.2, 0) is 9.53 Å². The Kier molecular flexibility index (Phi) is 8.79. The summed E-state index contributed by atoms with van der Waals surface area (Å²) in [5, 5.41) is 1.24. The van der Waals surface area contributed by atoms with Crippen LogP contribution in [0, 0.1) is 0 Å². The summed E-state index contributed by atoms with van der Waals surface area (Å²) in [6.45, 7) is 1.41. The Hall–Kier alpha value is -4.54. The maximum absolute atomic E-state index is 13.0. The first-order valence-electron chi connectivity index (χ1n) is 15.9. The number of ether oxygens (including phenoxy) is 1. The van der Waals surface area contributed by atoms with Gasteiger partial charge in [0.2, 0.25) is 5.91 Å². The number of imidazole rings is 1. The number of primary amides is 1. The fourth-order valence-corrected chi connectivity index (χ4v) is 7.09. The second-order valence-electron chi connectivity index (χ2n) is 12.5. The third-order valence-corrected chi connectivity index (χ3v) is 9.88. The lowest BCUT2D eigenvalue weighted by molar-refractivity contribution is -0.201. The Bertz CT molecular complexity index is 1960. The zero-order chi connectivity index (χ0) is 34.4. The topological polar surface area (TPSA) is 90.5 Å². The predicted molar refractivity (Wildman–Crippen MR) is 182 cm³/mol. The Morgan fingerprint density at radius 2 is 1.41 bits per heavy atom. The summed E-state index contributed by atoms with van der Waals surface area (Å²) in [6, 6.07) is 28.6. The number of fused-ring (bicyclic) bond motifs is 1. The summed E-state index contributed by atoms with van der Waals surface area (Å²) in [7, 11) is 0. The van der Waals surface area contributed by atoms with Crippen LogP contribution in [0.3, 0.4) is 0 Å². The predicted octanol–water partition coefficient (Wildman–Crippen LogP) is 8.43. The van der Waals surface area contributed by atoms with Crippen molar-refractivity contribution in [2.45, 2.75) is 49.4 Å². The van der Waals surface area contributed by atoms with Gasteiger partial charge in [-0.25, -0.2) is 9.78 Å². The highest BCUT2D eigenvalue weighted by Crippen LogP contribution is 2.47. The SMILES string of the molecule is NC(=O)c1ccc(N2CCC(n3c(C4CC4OC(=O)C(F)(F)F)nc4ccc(C(c5ccc(Cl)cc5)c5ccc(Cl)cc5)cc43)CC2)cc1. The van der Waals surface area contributed by atoms with E-state index in [2.05, 4.69) is 15.5 Å². The van der Waals surface area contributed by atoms with E-state index < -0.39 is 30.1 Å². The fraction of sp³-hybridized carbons (Fsp3) is 0.270. The van der Waals surface area contributed by atoms with Gasteiger partial charge in [-0.05, 0) is 96.6 Å². The molecule has 2 fully saturated rings. The Labute approximate surface area is 290 Å². The highest BCUT2D eigenvalue weighted by molar-refractivity contribution is 6.30. The first kappa shape index (κ1) is 33.0. The smallest absolute Gasteiger partial charge is 0.455 e. The third-order valence-electron chi connectivity index (χ3n) is 9.38. The molecule has 2 aliphatic rings. The van der Waals surface area contributed by atoms with Gasteiger partial charge < -0.3 is 19.9 Å². The molecule has 2 N–H and O–H groups in total. The van der Waals surface area contributed by atoms with Gasteiger partial charge in [-0.3, -0.25) is 4.79 Å². The minimum absolute atomic E-state index is 0.0134. The van der Waals surface area contributed by atoms with Gasteiger partial charge in [0.25, 0.3) is 0 Å². The fourth-order valence-electron chi connectivity index (χ4n) is 6.84. The summed E-state index contributed by atoms with van der Waals surface area (Å²) >= 11 is 12.5. The van der Waals surface area contributed by atoms with Crippen molar-refractivity contribution in [2.24, 2.45) is 5.73 Å². The lowest BCUT2D eigenvalue weighted by atomic mass is 9.85. The number of carbonyl (C=O) groups is 2. The maximum Gasteiger partial charge on any atom is 0.490 e. The van der Waals surface area contributed by atoms with Crippen LogP contribution in [0.4, 0.5) is 18.9 Å². The molecule has 1 aliphatic carbocycles. The van der Waals surface area contributed by atoms with E-state index in [1.807, 2.05) is 72.8 Å². The Morgan fingerprint density at radius 1 is 0.837 bits per heavy atom. The van der Waals surface area contributed by atoms with Crippen LogP contribution in [-0.4, -0.2) is 46.8 Å². The number of halogens is 5. The van der Waals surface area contributed by atoms with E-state index in [0.717, 1.165) is 40.7 Å². The minimum Gasteiger partial charge on any atom is -0.455 e. The molecule has 1 amide bonds. The highest BCUT2D eigenvalue weighted by Gasteiger charge is 2.51. The molecule has 7 nitrogen and oxygen atoms in total. The molecule has 0 spiro atoms. The van der Waals surface area contributed by atoms with Crippen molar-refractivity contribution in [1.82, 2.24) is 9.55 Å². The number of hydrogen-bond acceptors (Lipinski definition) is 5. The molecule has 49 heavy (non-hydrogen) atoms. The molecular weight excluding hydrogens is 676 g/mol. The highest BCUT2D eigenvalue weighted by atomic mass is 35.5. The van der Waals surface area contributed by atoms with Crippen LogP contribution < -0.4 is 10.6 Å². The first-order valence-corrected chi connectivity index (χ1v) is 16.7. The van der Waals surface area contributed by atoms with E-state index in [1.54, 1.807) is 12.1 Å². The van der Waals surface area contributed by atoms with Crippen LogP contribution >= 0.6 is 23.2 Å². The number of piperidine rings is 1. The number of nitrogens with two attached hydrogens (primary N) is 1. The first-order chi connectivity index (χ1) is 23.5. The van der Waals surface area contributed by atoms with Gasteiger partial charge in [0, 0.05) is 46.3 Å². The molecule has 2 heterocycles. The van der Waals surface area contributed by atoms with Gasteiger partial charge in [-0.2, -0.15) is 13.2 Å². The number of alkyl halides is 3. The molecule has 12 heteroatoms. The number of anilines is 1. The Morgan fingerprint density at radius 3 is 1.96 bits per heavy atom. The number of benzene rings is 4. The maximum atomic E-state index is 13.0. The van der Waals surface area contributed by atoms with Crippen LogP contribution in [0.1, 0.15) is 70.0 Å². The zero-order valence-corrected chi connectivity index (χ0v) is 27.6. The number of esters is 1. The van der Waals surface area contributed by atoms with Crippen molar-refractivity contribution in [3.8, 4) is 0 Å². The van der Waals surface area contributed by atoms with Crippen LogP contribution in [0.2, 0.25) is 10.0 Å².